The van der Waals surface area contributed by atoms with Crippen molar-refractivity contribution in [3.63, 3.8) is 0 Å². The summed E-state index contributed by atoms with van der Waals surface area (Å²) in [4.78, 5) is 13.0. The Bertz CT molecular complexity index is 518. The molecule has 1 saturated heterocycles. The number of carbonyl (C=O) groups is 1. The number of aliphatic carboxylic acids is 1. The first-order valence-corrected chi connectivity index (χ1v) is 7.30. The summed E-state index contributed by atoms with van der Waals surface area (Å²) < 4.78 is 45.4. The van der Waals surface area contributed by atoms with Crippen molar-refractivity contribution in [1.29, 1.82) is 0 Å². The lowest BCUT2D eigenvalue weighted by Crippen LogP contribution is -2.46. The number of rotatable bonds is 6. The largest absolute Gasteiger partial charge is 0.573 e. The number of hydrogen-bond acceptors (Lipinski definition) is 4. The zero-order valence-corrected chi connectivity index (χ0v) is 12.4. The molecule has 0 aromatic heterocycles. The Morgan fingerprint density at radius 1 is 1.22 bits per heavy atom. The zero-order valence-electron chi connectivity index (χ0n) is 12.4. The highest BCUT2D eigenvalue weighted by Crippen LogP contribution is 2.24. The molecule has 1 aliphatic rings. The van der Waals surface area contributed by atoms with Crippen LogP contribution in [0, 0.1) is 0 Å². The van der Waals surface area contributed by atoms with Crippen molar-refractivity contribution < 1.29 is 32.5 Å². The molecule has 23 heavy (non-hydrogen) atoms. The first-order valence-electron chi connectivity index (χ1n) is 7.30. The van der Waals surface area contributed by atoms with E-state index in [1.807, 2.05) is 4.90 Å². The van der Waals surface area contributed by atoms with Crippen LogP contribution in [0.5, 0.6) is 11.5 Å². The fourth-order valence-electron chi connectivity index (χ4n) is 2.56. The Morgan fingerprint density at radius 2 is 1.87 bits per heavy atom. The topological polar surface area (TPSA) is 59.0 Å². The summed E-state index contributed by atoms with van der Waals surface area (Å²) in [6.45, 7) is 1.43. The second-order valence-corrected chi connectivity index (χ2v) is 5.25. The SMILES string of the molecule is O=C(O)C1CCCCN1CCOc1ccc(OC(F)(F)F)cc1. The van der Waals surface area contributed by atoms with Crippen LogP contribution in [0.2, 0.25) is 0 Å². The van der Waals surface area contributed by atoms with Gasteiger partial charge in [-0.1, -0.05) is 6.42 Å². The number of hydrogen-bond donors (Lipinski definition) is 1. The summed E-state index contributed by atoms with van der Waals surface area (Å²) >= 11 is 0. The first kappa shape index (κ1) is 17.4. The van der Waals surface area contributed by atoms with Crippen molar-refractivity contribution in [1.82, 2.24) is 4.90 Å². The predicted molar refractivity (Wildman–Crippen MR) is 75.5 cm³/mol. The third-order valence-electron chi connectivity index (χ3n) is 3.60. The standard InChI is InChI=1S/C15H18F3NO4/c16-15(17,18)23-12-6-4-11(5-7-12)22-10-9-19-8-2-1-3-13(19)14(20)21/h4-7,13H,1-3,8-10H2,(H,20,21). The summed E-state index contributed by atoms with van der Waals surface area (Å²) in [7, 11) is 0. The van der Waals surface area contributed by atoms with Crippen molar-refractivity contribution in [2.45, 2.75) is 31.7 Å². The van der Waals surface area contributed by atoms with Crippen molar-refractivity contribution in [3.05, 3.63) is 24.3 Å². The molecular weight excluding hydrogens is 315 g/mol. The van der Waals surface area contributed by atoms with Gasteiger partial charge in [-0.15, -0.1) is 13.2 Å². The monoisotopic (exact) mass is 333 g/mol. The van der Waals surface area contributed by atoms with Crippen LogP contribution in [0.15, 0.2) is 24.3 Å². The smallest absolute Gasteiger partial charge is 0.492 e. The van der Waals surface area contributed by atoms with Gasteiger partial charge in [-0.25, -0.2) is 0 Å². The lowest BCUT2D eigenvalue weighted by atomic mass is 10.0. The maximum atomic E-state index is 12.0. The number of halogens is 3. The number of benzene rings is 1. The third-order valence-corrected chi connectivity index (χ3v) is 3.60. The van der Waals surface area contributed by atoms with E-state index in [-0.39, 0.29) is 12.4 Å². The Balaban J connectivity index is 1.80. The van der Waals surface area contributed by atoms with Crippen molar-refractivity contribution in [2.75, 3.05) is 19.7 Å². The molecule has 0 aliphatic carbocycles. The van der Waals surface area contributed by atoms with Crippen molar-refractivity contribution in [2.24, 2.45) is 0 Å². The molecular formula is C15H18F3NO4. The van der Waals surface area contributed by atoms with E-state index >= 15 is 0 Å². The summed E-state index contributed by atoms with van der Waals surface area (Å²) in [5.74, 6) is -0.742. The maximum absolute atomic E-state index is 12.0. The molecule has 1 aromatic carbocycles. The van der Waals surface area contributed by atoms with Crippen LogP contribution in [0.25, 0.3) is 0 Å². The van der Waals surface area contributed by atoms with E-state index in [1.54, 1.807) is 0 Å². The molecule has 128 valence electrons. The van der Waals surface area contributed by atoms with E-state index < -0.39 is 18.4 Å². The number of alkyl halides is 3. The minimum absolute atomic E-state index is 0.267. The van der Waals surface area contributed by atoms with E-state index in [1.165, 1.54) is 24.3 Å². The number of ether oxygens (including phenoxy) is 2. The summed E-state index contributed by atoms with van der Waals surface area (Å²) in [5.41, 5.74) is 0. The summed E-state index contributed by atoms with van der Waals surface area (Å²) in [5, 5.41) is 9.16. The average molecular weight is 333 g/mol. The highest BCUT2D eigenvalue weighted by Gasteiger charge is 2.31. The Kier molecular flexibility index (Phi) is 5.70. The van der Waals surface area contributed by atoms with Crippen LogP contribution < -0.4 is 9.47 Å². The first-order chi connectivity index (χ1) is 10.8. The molecule has 0 amide bonds. The molecule has 8 heteroatoms. The van der Waals surface area contributed by atoms with E-state index in [0.717, 1.165) is 12.8 Å². The molecule has 1 heterocycles. The Morgan fingerprint density at radius 3 is 2.48 bits per heavy atom. The minimum Gasteiger partial charge on any atom is -0.492 e. The lowest BCUT2D eigenvalue weighted by molar-refractivity contribution is -0.274. The van der Waals surface area contributed by atoms with Gasteiger partial charge in [0.1, 0.15) is 24.1 Å². The van der Waals surface area contributed by atoms with Gasteiger partial charge in [0, 0.05) is 6.54 Å². The second kappa shape index (κ2) is 7.54. The van der Waals surface area contributed by atoms with Gasteiger partial charge in [0.05, 0.1) is 0 Å². The molecule has 1 atom stereocenters. The summed E-state index contributed by atoms with van der Waals surface area (Å²) in [6, 6.07) is 4.61. The van der Waals surface area contributed by atoms with Crippen LogP contribution in [-0.2, 0) is 4.79 Å². The molecule has 1 N–H and O–H groups in total. The summed E-state index contributed by atoms with van der Waals surface area (Å²) in [6.07, 6.45) is -2.25. The van der Waals surface area contributed by atoms with Crippen molar-refractivity contribution in [3.8, 4) is 11.5 Å². The number of likely N-dealkylation sites (tertiary alicyclic amines) is 1. The normalized spacial score (nSPS) is 19.3. The molecule has 0 spiro atoms. The van der Waals surface area contributed by atoms with Gasteiger partial charge in [-0.05, 0) is 43.7 Å². The molecule has 1 aromatic rings. The van der Waals surface area contributed by atoms with E-state index in [4.69, 9.17) is 9.84 Å². The minimum atomic E-state index is -4.72. The predicted octanol–water partition coefficient (Wildman–Crippen LogP) is 2.90. The van der Waals surface area contributed by atoms with Crippen LogP contribution in [0.4, 0.5) is 13.2 Å². The highest BCUT2D eigenvalue weighted by atomic mass is 19.4. The number of carboxylic acid groups (broad SMARTS) is 1. The third kappa shape index (κ3) is 5.63. The van der Waals surface area contributed by atoms with Crippen LogP contribution in [0.1, 0.15) is 19.3 Å². The molecule has 0 radical (unpaired) electrons. The average Bonchev–Trinajstić information content (AvgIpc) is 2.48. The highest BCUT2D eigenvalue weighted by molar-refractivity contribution is 5.73. The molecule has 5 nitrogen and oxygen atoms in total. The number of carboxylic acids is 1. The number of piperidine rings is 1. The van der Waals surface area contributed by atoms with Crippen LogP contribution in [-0.4, -0.2) is 48.1 Å². The van der Waals surface area contributed by atoms with Crippen molar-refractivity contribution >= 4 is 5.97 Å². The van der Waals surface area contributed by atoms with Gasteiger partial charge in [-0.3, -0.25) is 9.69 Å². The molecule has 2 rings (SSSR count). The quantitative estimate of drug-likeness (QED) is 0.867. The van der Waals surface area contributed by atoms with Gasteiger partial charge in [0.25, 0.3) is 0 Å². The van der Waals surface area contributed by atoms with Gasteiger partial charge in [0.15, 0.2) is 0 Å². The van der Waals surface area contributed by atoms with Gasteiger partial charge >= 0.3 is 12.3 Å². The fourth-order valence-corrected chi connectivity index (χ4v) is 2.56. The Hall–Kier alpha value is -1.96. The molecule has 0 saturated carbocycles. The van der Waals surface area contributed by atoms with Gasteiger partial charge < -0.3 is 14.6 Å². The van der Waals surface area contributed by atoms with Gasteiger partial charge in [0.2, 0.25) is 0 Å². The van der Waals surface area contributed by atoms with Crippen LogP contribution in [0.3, 0.4) is 0 Å². The lowest BCUT2D eigenvalue weighted by Gasteiger charge is -2.32. The molecule has 1 fully saturated rings. The Labute approximate surface area is 131 Å². The van der Waals surface area contributed by atoms with E-state index in [9.17, 15) is 18.0 Å². The molecule has 1 aliphatic heterocycles. The van der Waals surface area contributed by atoms with Crippen LogP contribution >= 0.6 is 0 Å². The van der Waals surface area contributed by atoms with E-state index in [0.29, 0.717) is 25.3 Å². The molecule has 1 unspecified atom stereocenters. The maximum Gasteiger partial charge on any atom is 0.573 e. The van der Waals surface area contributed by atoms with E-state index in [2.05, 4.69) is 4.74 Å². The fraction of sp³-hybridized carbons (Fsp3) is 0.533. The number of nitrogens with zero attached hydrogens (tertiary/aromatic N) is 1. The molecule has 0 bridgehead atoms. The second-order valence-electron chi connectivity index (χ2n) is 5.25. The van der Waals surface area contributed by atoms with Gasteiger partial charge in [-0.2, -0.15) is 0 Å². The zero-order chi connectivity index (χ0) is 16.9.